The molecule has 0 spiro atoms. The highest BCUT2D eigenvalue weighted by Crippen LogP contribution is 2.17. The van der Waals surface area contributed by atoms with Gasteiger partial charge in [0.15, 0.2) is 6.61 Å². The Morgan fingerprint density at radius 3 is 2.76 bits per heavy atom. The molecule has 1 aromatic carbocycles. The maximum Gasteiger partial charge on any atom is 0.309 e. The van der Waals surface area contributed by atoms with Crippen molar-refractivity contribution in [2.75, 3.05) is 19.8 Å². The third kappa shape index (κ3) is 8.34. The molecule has 0 bridgehead atoms. The van der Waals surface area contributed by atoms with Crippen molar-refractivity contribution in [2.24, 2.45) is 5.92 Å². The van der Waals surface area contributed by atoms with Gasteiger partial charge in [-0.25, -0.2) is 0 Å². The van der Waals surface area contributed by atoms with Gasteiger partial charge in [-0.2, -0.15) is 0 Å². The van der Waals surface area contributed by atoms with Crippen molar-refractivity contribution < 1.29 is 19.1 Å². The number of hydrogen-bond donors (Lipinski definition) is 1. The second-order valence-corrected chi connectivity index (χ2v) is 5.83. The molecule has 0 aliphatic carbocycles. The monoisotopic (exact) mass is 357 g/mol. The first kappa shape index (κ1) is 17.5. The van der Waals surface area contributed by atoms with Gasteiger partial charge in [-0.3, -0.25) is 9.59 Å². The number of rotatable bonds is 8. The molecule has 0 aliphatic heterocycles. The largest absolute Gasteiger partial charge is 0.493 e. The molecule has 0 fully saturated rings. The van der Waals surface area contributed by atoms with Crippen molar-refractivity contribution in [2.45, 2.75) is 20.3 Å². The Labute approximate surface area is 133 Å². The summed E-state index contributed by atoms with van der Waals surface area (Å²) in [5.74, 6) is 0.296. The highest BCUT2D eigenvalue weighted by molar-refractivity contribution is 9.10. The van der Waals surface area contributed by atoms with Crippen LogP contribution in [0.15, 0.2) is 28.7 Å². The summed E-state index contributed by atoms with van der Waals surface area (Å²) in [4.78, 5) is 22.8. The van der Waals surface area contributed by atoms with Crippen LogP contribution in [0.3, 0.4) is 0 Å². The van der Waals surface area contributed by atoms with Gasteiger partial charge in [-0.1, -0.05) is 35.8 Å². The van der Waals surface area contributed by atoms with Crippen molar-refractivity contribution in [3.05, 3.63) is 28.7 Å². The number of amides is 1. The summed E-state index contributed by atoms with van der Waals surface area (Å²) in [6, 6.07) is 7.34. The van der Waals surface area contributed by atoms with Crippen LogP contribution in [0.4, 0.5) is 0 Å². The number of carbonyl (C=O) groups excluding carboxylic acids is 2. The van der Waals surface area contributed by atoms with E-state index in [1.165, 1.54) is 0 Å². The van der Waals surface area contributed by atoms with Gasteiger partial charge >= 0.3 is 5.97 Å². The van der Waals surface area contributed by atoms with Gasteiger partial charge in [0.25, 0.3) is 5.91 Å². The van der Waals surface area contributed by atoms with Crippen LogP contribution in [0.25, 0.3) is 0 Å². The van der Waals surface area contributed by atoms with Crippen molar-refractivity contribution in [1.29, 1.82) is 0 Å². The van der Waals surface area contributed by atoms with E-state index in [1.807, 2.05) is 32.0 Å². The van der Waals surface area contributed by atoms with Crippen LogP contribution in [0.5, 0.6) is 5.75 Å². The minimum absolute atomic E-state index is 0.101. The predicted octanol–water partition coefficient (Wildman–Crippen LogP) is 2.53. The Morgan fingerprint density at radius 2 is 2.10 bits per heavy atom. The zero-order chi connectivity index (χ0) is 15.7. The lowest BCUT2D eigenvalue weighted by Crippen LogP contribution is -2.31. The van der Waals surface area contributed by atoms with E-state index < -0.39 is 5.97 Å². The number of nitrogens with one attached hydrogen (secondary N) is 1. The minimum atomic E-state index is -0.454. The Morgan fingerprint density at radius 1 is 1.33 bits per heavy atom. The molecule has 116 valence electrons. The van der Waals surface area contributed by atoms with E-state index in [2.05, 4.69) is 21.2 Å². The van der Waals surface area contributed by atoms with E-state index >= 15 is 0 Å². The third-order valence-corrected chi connectivity index (χ3v) is 2.94. The fraction of sp³-hybridized carbons (Fsp3) is 0.467. The Hall–Kier alpha value is -1.56. The molecule has 0 aliphatic rings. The van der Waals surface area contributed by atoms with Crippen LogP contribution in [0.2, 0.25) is 0 Å². The number of hydrogen-bond acceptors (Lipinski definition) is 4. The third-order valence-electron chi connectivity index (χ3n) is 2.44. The molecule has 0 heterocycles. The highest BCUT2D eigenvalue weighted by atomic mass is 79.9. The zero-order valence-electron chi connectivity index (χ0n) is 12.2. The molecule has 1 rings (SSSR count). The smallest absolute Gasteiger partial charge is 0.309 e. The van der Waals surface area contributed by atoms with E-state index in [-0.39, 0.29) is 25.5 Å². The lowest BCUT2D eigenvalue weighted by molar-refractivity contribution is -0.149. The van der Waals surface area contributed by atoms with Crippen molar-refractivity contribution >= 4 is 27.8 Å². The van der Waals surface area contributed by atoms with Crippen LogP contribution < -0.4 is 10.1 Å². The summed E-state index contributed by atoms with van der Waals surface area (Å²) in [6.45, 7) is 4.52. The lowest BCUT2D eigenvalue weighted by atomic mass is 10.2. The Kier molecular flexibility index (Phi) is 7.82. The molecule has 0 saturated heterocycles. The van der Waals surface area contributed by atoms with Crippen molar-refractivity contribution in [3.8, 4) is 5.75 Å². The summed E-state index contributed by atoms with van der Waals surface area (Å²) >= 11 is 3.33. The molecule has 6 heteroatoms. The maximum atomic E-state index is 11.5. The average Bonchev–Trinajstić information content (AvgIpc) is 2.43. The van der Waals surface area contributed by atoms with E-state index in [0.717, 1.165) is 4.47 Å². The predicted molar refractivity (Wildman–Crippen MR) is 83.1 cm³/mol. The molecule has 1 aromatic rings. The summed E-state index contributed by atoms with van der Waals surface area (Å²) in [7, 11) is 0. The fourth-order valence-electron chi connectivity index (χ4n) is 1.40. The summed E-state index contributed by atoms with van der Waals surface area (Å²) in [5, 5.41) is 2.67. The number of ether oxygens (including phenoxy) is 2. The molecule has 1 N–H and O–H groups in total. The normalized spacial score (nSPS) is 10.3. The lowest BCUT2D eigenvalue weighted by Gasteiger charge is -2.09. The highest BCUT2D eigenvalue weighted by Gasteiger charge is 2.08. The summed E-state index contributed by atoms with van der Waals surface area (Å²) in [6.07, 6.45) is 0.101. The second-order valence-electron chi connectivity index (χ2n) is 4.91. The number of halogens is 1. The van der Waals surface area contributed by atoms with E-state index in [0.29, 0.717) is 18.2 Å². The molecular weight excluding hydrogens is 338 g/mol. The summed E-state index contributed by atoms with van der Waals surface area (Å²) in [5.41, 5.74) is 0. The van der Waals surface area contributed by atoms with Gasteiger partial charge in [0.2, 0.25) is 0 Å². The van der Waals surface area contributed by atoms with Crippen LogP contribution in [-0.2, 0) is 14.3 Å². The SMILES string of the molecule is CC(C)CNC(=O)COC(=O)CCOc1cccc(Br)c1. The van der Waals surface area contributed by atoms with Crippen molar-refractivity contribution in [1.82, 2.24) is 5.32 Å². The van der Waals surface area contributed by atoms with E-state index in [4.69, 9.17) is 9.47 Å². The molecular formula is C15H20BrNO4. The van der Waals surface area contributed by atoms with E-state index in [9.17, 15) is 9.59 Å². The number of benzene rings is 1. The molecule has 1 amide bonds. The topological polar surface area (TPSA) is 64.6 Å². The number of esters is 1. The molecule has 0 atom stereocenters. The van der Waals surface area contributed by atoms with Crippen LogP contribution in [0.1, 0.15) is 20.3 Å². The first-order valence-electron chi connectivity index (χ1n) is 6.78. The Balaban J connectivity index is 2.15. The van der Waals surface area contributed by atoms with Gasteiger partial charge in [-0.15, -0.1) is 0 Å². The maximum absolute atomic E-state index is 11.5. The average molecular weight is 358 g/mol. The van der Waals surface area contributed by atoms with Crippen LogP contribution >= 0.6 is 15.9 Å². The molecule has 0 radical (unpaired) electrons. The molecule has 0 unspecified atom stereocenters. The van der Waals surface area contributed by atoms with Crippen molar-refractivity contribution in [3.63, 3.8) is 0 Å². The second kappa shape index (κ2) is 9.39. The zero-order valence-corrected chi connectivity index (χ0v) is 13.8. The van der Waals surface area contributed by atoms with Gasteiger partial charge in [0, 0.05) is 11.0 Å². The van der Waals surface area contributed by atoms with Crippen LogP contribution in [0, 0.1) is 5.92 Å². The minimum Gasteiger partial charge on any atom is -0.493 e. The fourth-order valence-corrected chi connectivity index (χ4v) is 1.77. The van der Waals surface area contributed by atoms with Gasteiger partial charge in [0.05, 0.1) is 13.0 Å². The molecule has 5 nitrogen and oxygen atoms in total. The first-order valence-corrected chi connectivity index (χ1v) is 7.57. The number of carbonyl (C=O) groups is 2. The van der Waals surface area contributed by atoms with Gasteiger partial charge in [-0.05, 0) is 24.1 Å². The van der Waals surface area contributed by atoms with E-state index in [1.54, 1.807) is 6.07 Å². The van der Waals surface area contributed by atoms with Gasteiger partial charge < -0.3 is 14.8 Å². The molecule has 0 saturated carbocycles. The first-order chi connectivity index (χ1) is 9.97. The Bertz CT molecular complexity index is 476. The summed E-state index contributed by atoms with van der Waals surface area (Å²) < 4.78 is 11.2. The molecule has 0 aromatic heterocycles. The van der Waals surface area contributed by atoms with Crippen LogP contribution in [-0.4, -0.2) is 31.6 Å². The standard InChI is InChI=1S/C15H20BrNO4/c1-11(2)9-17-14(18)10-21-15(19)6-7-20-13-5-3-4-12(16)8-13/h3-5,8,11H,6-7,9-10H2,1-2H3,(H,17,18). The molecule has 21 heavy (non-hydrogen) atoms. The quantitative estimate of drug-likeness (QED) is 0.726. The van der Waals surface area contributed by atoms with Gasteiger partial charge in [0.1, 0.15) is 5.75 Å².